The molecule has 1 atom stereocenters. The van der Waals surface area contributed by atoms with E-state index in [0.29, 0.717) is 5.02 Å². The molecule has 0 aliphatic carbocycles. The number of hydrogen-bond donors (Lipinski definition) is 1. The topological polar surface area (TPSA) is 24.9 Å². The smallest absolute Gasteiger partial charge is 0.140 e. The third-order valence-corrected chi connectivity index (χ3v) is 3.46. The summed E-state index contributed by atoms with van der Waals surface area (Å²) in [5.41, 5.74) is 1.08. The minimum absolute atomic E-state index is 0.176. The second-order valence-electron chi connectivity index (χ2n) is 4.36. The fourth-order valence-electron chi connectivity index (χ4n) is 1.78. The van der Waals surface area contributed by atoms with Crippen LogP contribution < -0.4 is 5.32 Å². The van der Waals surface area contributed by atoms with E-state index < -0.39 is 0 Å². The Hall–Kier alpha value is -1.13. The van der Waals surface area contributed by atoms with E-state index in [-0.39, 0.29) is 11.9 Å². The maximum Gasteiger partial charge on any atom is 0.140 e. The molecule has 0 bridgehead atoms. The van der Waals surface area contributed by atoms with Gasteiger partial charge in [0.05, 0.1) is 9.50 Å². The zero-order valence-corrected chi connectivity index (χ0v) is 12.7. The molecule has 5 heteroatoms. The summed E-state index contributed by atoms with van der Waals surface area (Å²) in [6.45, 7) is 2.05. The Balaban J connectivity index is 2.01. The highest BCUT2D eigenvalue weighted by atomic mass is 79.9. The van der Waals surface area contributed by atoms with Crippen LogP contribution in [-0.4, -0.2) is 11.0 Å². The molecule has 0 fully saturated rings. The van der Waals surface area contributed by atoms with Gasteiger partial charge in [-0.2, -0.15) is 0 Å². The van der Waals surface area contributed by atoms with Crippen LogP contribution in [0.15, 0.2) is 41.0 Å². The van der Waals surface area contributed by atoms with Crippen molar-refractivity contribution in [3.8, 4) is 0 Å². The Bertz CT molecular complexity index is 560. The van der Waals surface area contributed by atoms with Crippen LogP contribution in [0, 0.1) is 5.82 Å². The van der Waals surface area contributed by atoms with E-state index in [9.17, 15) is 4.39 Å². The number of halogens is 3. The Labute approximate surface area is 125 Å². The van der Waals surface area contributed by atoms with Crippen molar-refractivity contribution >= 4 is 33.3 Å². The number of nitrogens with zero attached hydrogens (tertiary/aromatic N) is 1. The number of rotatable bonds is 4. The first-order valence-corrected chi connectivity index (χ1v) is 7.03. The average Bonchev–Trinajstić information content (AvgIpc) is 2.36. The van der Waals surface area contributed by atoms with E-state index in [4.69, 9.17) is 11.6 Å². The normalized spacial score (nSPS) is 12.2. The molecule has 1 unspecified atom stereocenters. The highest BCUT2D eigenvalue weighted by Crippen LogP contribution is 2.24. The van der Waals surface area contributed by atoms with E-state index in [1.54, 1.807) is 24.4 Å². The molecular formula is C14H13BrClFN2. The van der Waals surface area contributed by atoms with E-state index >= 15 is 0 Å². The molecule has 19 heavy (non-hydrogen) atoms. The zero-order chi connectivity index (χ0) is 13.8. The maximum absolute atomic E-state index is 12.8. The first-order valence-electron chi connectivity index (χ1n) is 5.86. The molecule has 0 saturated heterocycles. The largest absolute Gasteiger partial charge is 0.366 e. The summed E-state index contributed by atoms with van der Waals surface area (Å²) in [4.78, 5) is 4.22. The van der Waals surface area contributed by atoms with Gasteiger partial charge >= 0.3 is 0 Å². The summed E-state index contributed by atoms with van der Waals surface area (Å²) in [5.74, 6) is 0.533. The molecule has 1 aromatic heterocycles. The SMILES string of the molecule is CC(Cc1ccc(F)cc1)Nc1ncc(Cl)cc1Br. The molecule has 100 valence electrons. The molecule has 1 N–H and O–H groups in total. The predicted molar refractivity (Wildman–Crippen MR) is 80.1 cm³/mol. The average molecular weight is 344 g/mol. The van der Waals surface area contributed by atoms with Gasteiger partial charge in [0.1, 0.15) is 11.6 Å². The van der Waals surface area contributed by atoms with Gasteiger partial charge < -0.3 is 5.32 Å². The van der Waals surface area contributed by atoms with Gasteiger partial charge in [-0.3, -0.25) is 0 Å². The molecule has 2 nitrogen and oxygen atoms in total. The first-order chi connectivity index (χ1) is 9.04. The van der Waals surface area contributed by atoms with E-state index in [1.165, 1.54) is 12.1 Å². The van der Waals surface area contributed by atoms with Crippen molar-refractivity contribution in [1.82, 2.24) is 4.98 Å². The van der Waals surface area contributed by atoms with Crippen LogP contribution in [0.3, 0.4) is 0 Å². The lowest BCUT2D eigenvalue weighted by Crippen LogP contribution is -2.19. The molecule has 0 radical (unpaired) electrons. The summed E-state index contributed by atoms with van der Waals surface area (Å²) in [5, 5.41) is 3.88. The molecule has 1 heterocycles. The number of anilines is 1. The minimum Gasteiger partial charge on any atom is -0.366 e. The minimum atomic E-state index is -0.216. The summed E-state index contributed by atoms with van der Waals surface area (Å²) < 4.78 is 13.6. The summed E-state index contributed by atoms with van der Waals surface area (Å²) in [6.07, 6.45) is 2.39. The Morgan fingerprint density at radius 3 is 2.68 bits per heavy atom. The van der Waals surface area contributed by atoms with Crippen LogP contribution in [0.4, 0.5) is 10.2 Å². The molecule has 0 saturated carbocycles. The maximum atomic E-state index is 12.8. The van der Waals surface area contributed by atoms with Gasteiger partial charge in [0.2, 0.25) is 0 Å². The summed E-state index contributed by atoms with van der Waals surface area (Å²) in [7, 11) is 0. The van der Waals surface area contributed by atoms with Crippen LogP contribution in [-0.2, 0) is 6.42 Å². The van der Waals surface area contributed by atoms with E-state index in [0.717, 1.165) is 22.3 Å². The lowest BCUT2D eigenvalue weighted by Gasteiger charge is -2.15. The standard InChI is InChI=1S/C14H13BrClFN2/c1-9(6-10-2-4-12(17)5-3-10)19-14-13(15)7-11(16)8-18-14/h2-5,7-9H,6H2,1H3,(H,18,19). The van der Waals surface area contributed by atoms with Crippen molar-refractivity contribution in [1.29, 1.82) is 0 Å². The molecule has 2 rings (SSSR count). The lowest BCUT2D eigenvalue weighted by atomic mass is 10.1. The van der Waals surface area contributed by atoms with Crippen LogP contribution in [0.2, 0.25) is 5.02 Å². The molecule has 2 aromatic rings. The van der Waals surface area contributed by atoms with Gasteiger partial charge in [-0.15, -0.1) is 0 Å². The van der Waals surface area contributed by atoms with Crippen LogP contribution in [0.5, 0.6) is 0 Å². The second-order valence-corrected chi connectivity index (χ2v) is 5.65. The van der Waals surface area contributed by atoms with Gasteiger partial charge in [-0.25, -0.2) is 9.37 Å². The van der Waals surface area contributed by atoms with Crippen LogP contribution in [0.25, 0.3) is 0 Å². The molecule has 0 spiro atoms. The number of benzene rings is 1. The molecule has 0 amide bonds. The zero-order valence-electron chi connectivity index (χ0n) is 10.3. The first kappa shape index (κ1) is 14.3. The van der Waals surface area contributed by atoms with Crippen molar-refractivity contribution in [2.24, 2.45) is 0 Å². The van der Waals surface area contributed by atoms with E-state index in [2.05, 4.69) is 26.2 Å². The van der Waals surface area contributed by atoms with Crippen molar-refractivity contribution in [2.75, 3.05) is 5.32 Å². The second kappa shape index (κ2) is 6.35. The van der Waals surface area contributed by atoms with Gasteiger partial charge in [-0.1, -0.05) is 23.7 Å². The molecule has 0 aliphatic rings. The number of aromatic nitrogens is 1. The Morgan fingerprint density at radius 2 is 2.05 bits per heavy atom. The quantitative estimate of drug-likeness (QED) is 0.872. The molecule has 0 aliphatic heterocycles. The van der Waals surface area contributed by atoms with Gasteiger partial charge in [0.15, 0.2) is 0 Å². The highest BCUT2D eigenvalue weighted by molar-refractivity contribution is 9.10. The van der Waals surface area contributed by atoms with E-state index in [1.807, 2.05) is 6.92 Å². The van der Waals surface area contributed by atoms with Gasteiger partial charge in [0.25, 0.3) is 0 Å². The number of nitrogens with one attached hydrogen (secondary N) is 1. The van der Waals surface area contributed by atoms with Gasteiger partial charge in [-0.05, 0) is 53.0 Å². The monoisotopic (exact) mass is 342 g/mol. The van der Waals surface area contributed by atoms with Crippen molar-refractivity contribution in [3.05, 3.63) is 57.4 Å². The highest BCUT2D eigenvalue weighted by Gasteiger charge is 2.08. The fraction of sp³-hybridized carbons (Fsp3) is 0.214. The molecule has 1 aromatic carbocycles. The Kier molecular flexibility index (Phi) is 4.77. The number of pyridine rings is 1. The lowest BCUT2D eigenvalue weighted by molar-refractivity contribution is 0.626. The van der Waals surface area contributed by atoms with Crippen LogP contribution >= 0.6 is 27.5 Å². The summed E-state index contributed by atoms with van der Waals surface area (Å²) in [6, 6.07) is 8.49. The van der Waals surface area contributed by atoms with Gasteiger partial charge in [0, 0.05) is 12.2 Å². The van der Waals surface area contributed by atoms with Crippen molar-refractivity contribution in [3.63, 3.8) is 0 Å². The third kappa shape index (κ3) is 4.18. The number of hydrogen-bond acceptors (Lipinski definition) is 2. The van der Waals surface area contributed by atoms with Crippen LogP contribution in [0.1, 0.15) is 12.5 Å². The van der Waals surface area contributed by atoms with Crippen molar-refractivity contribution < 1.29 is 4.39 Å². The van der Waals surface area contributed by atoms with Crippen molar-refractivity contribution in [2.45, 2.75) is 19.4 Å². The Morgan fingerprint density at radius 1 is 1.37 bits per heavy atom. The third-order valence-electron chi connectivity index (χ3n) is 2.65. The fourth-order valence-corrected chi connectivity index (χ4v) is 2.53. The molecular weight excluding hydrogens is 331 g/mol. The predicted octanol–water partition coefficient (Wildman–Crippen LogP) is 4.68. The summed E-state index contributed by atoms with van der Waals surface area (Å²) >= 11 is 9.25.